The Balaban J connectivity index is 1.91. The fourth-order valence-electron chi connectivity index (χ4n) is 3.14. The first-order chi connectivity index (χ1) is 12.4. The van der Waals surface area contributed by atoms with Crippen molar-refractivity contribution < 1.29 is 9.53 Å². The predicted octanol–water partition coefficient (Wildman–Crippen LogP) is 4.03. The van der Waals surface area contributed by atoms with E-state index in [1.807, 2.05) is 49.9 Å². The van der Waals surface area contributed by atoms with Crippen LogP contribution < -0.4 is 19.9 Å². The SMILES string of the molecule is COc1ccc2c(c1)N(Cc1ccccc1)CCN2C(=O)NC(C)(C)C. The van der Waals surface area contributed by atoms with Crippen LogP contribution in [0.5, 0.6) is 5.75 Å². The average Bonchev–Trinajstić information content (AvgIpc) is 2.61. The van der Waals surface area contributed by atoms with Crippen molar-refractivity contribution in [3.05, 3.63) is 54.1 Å². The van der Waals surface area contributed by atoms with Gasteiger partial charge in [-0.1, -0.05) is 30.3 Å². The van der Waals surface area contributed by atoms with Crippen LogP contribution in [0.2, 0.25) is 0 Å². The van der Waals surface area contributed by atoms with Gasteiger partial charge in [0.15, 0.2) is 0 Å². The Morgan fingerprint density at radius 3 is 2.46 bits per heavy atom. The summed E-state index contributed by atoms with van der Waals surface area (Å²) in [6.07, 6.45) is 0. The van der Waals surface area contributed by atoms with E-state index >= 15 is 0 Å². The smallest absolute Gasteiger partial charge is 0.322 e. The normalized spacial score (nSPS) is 14.0. The summed E-state index contributed by atoms with van der Waals surface area (Å²) in [5.41, 5.74) is 2.90. The molecule has 0 spiro atoms. The van der Waals surface area contributed by atoms with Crippen LogP contribution in [0.4, 0.5) is 16.2 Å². The molecule has 1 heterocycles. The van der Waals surface area contributed by atoms with Gasteiger partial charge in [0.25, 0.3) is 0 Å². The van der Waals surface area contributed by atoms with Gasteiger partial charge in [-0.05, 0) is 38.5 Å². The highest BCUT2D eigenvalue weighted by molar-refractivity contribution is 5.97. The van der Waals surface area contributed by atoms with E-state index in [2.05, 4.69) is 34.5 Å². The Kier molecular flexibility index (Phi) is 5.07. The topological polar surface area (TPSA) is 44.8 Å². The van der Waals surface area contributed by atoms with Gasteiger partial charge in [-0.25, -0.2) is 4.79 Å². The predicted molar refractivity (Wildman–Crippen MR) is 106 cm³/mol. The van der Waals surface area contributed by atoms with Gasteiger partial charge >= 0.3 is 6.03 Å². The average molecular weight is 353 g/mol. The summed E-state index contributed by atoms with van der Waals surface area (Å²) < 4.78 is 5.41. The second-order valence-corrected chi connectivity index (χ2v) is 7.59. The first kappa shape index (κ1) is 18.1. The zero-order valence-electron chi connectivity index (χ0n) is 16.0. The van der Waals surface area contributed by atoms with Crippen molar-refractivity contribution in [2.75, 3.05) is 30.0 Å². The highest BCUT2D eigenvalue weighted by atomic mass is 16.5. The summed E-state index contributed by atoms with van der Waals surface area (Å²) in [4.78, 5) is 16.9. The van der Waals surface area contributed by atoms with Crippen LogP contribution in [0.15, 0.2) is 48.5 Å². The molecular weight excluding hydrogens is 326 g/mol. The summed E-state index contributed by atoms with van der Waals surface area (Å²) >= 11 is 0. The van der Waals surface area contributed by atoms with Crippen molar-refractivity contribution in [1.29, 1.82) is 0 Å². The molecule has 1 aliphatic heterocycles. The Labute approximate surface area is 155 Å². The number of carbonyl (C=O) groups excluding carboxylic acids is 1. The largest absolute Gasteiger partial charge is 0.497 e. The Morgan fingerprint density at radius 1 is 1.08 bits per heavy atom. The number of hydrogen-bond acceptors (Lipinski definition) is 3. The number of anilines is 2. The van der Waals surface area contributed by atoms with Gasteiger partial charge in [0.1, 0.15) is 5.75 Å². The second-order valence-electron chi connectivity index (χ2n) is 7.59. The summed E-state index contributed by atoms with van der Waals surface area (Å²) in [7, 11) is 1.66. The number of fused-ring (bicyclic) bond motifs is 1. The molecule has 2 aromatic carbocycles. The van der Waals surface area contributed by atoms with Crippen LogP contribution >= 0.6 is 0 Å². The number of amides is 2. The summed E-state index contributed by atoms with van der Waals surface area (Å²) in [5.74, 6) is 0.792. The van der Waals surface area contributed by atoms with E-state index in [9.17, 15) is 4.79 Å². The number of nitrogens with one attached hydrogen (secondary N) is 1. The molecular formula is C21H27N3O2. The van der Waals surface area contributed by atoms with E-state index in [0.29, 0.717) is 6.54 Å². The number of urea groups is 1. The van der Waals surface area contributed by atoms with E-state index in [4.69, 9.17) is 4.74 Å². The van der Waals surface area contributed by atoms with E-state index in [0.717, 1.165) is 30.2 Å². The number of hydrogen-bond donors (Lipinski definition) is 1. The molecule has 0 atom stereocenters. The van der Waals surface area contributed by atoms with Gasteiger partial charge in [-0.2, -0.15) is 0 Å². The van der Waals surface area contributed by atoms with Gasteiger partial charge in [0, 0.05) is 31.2 Å². The van der Waals surface area contributed by atoms with Crippen molar-refractivity contribution in [1.82, 2.24) is 5.32 Å². The first-order valence-corrected chi connectivity index (χ1v) is 8.94. The number of nitrogens with zero attached hydrogens (tertiary/aromatic N) is 2. The maximum Gasteiger partial charge on any atom is 0.322 e. The van der Waals surface area contributed by atoms with Crippen LogP contribution in [0.3, 0.4) is 0 Å². The summed E-state index contributed by atoms with van der Waals surface area (Å²) in [5, 5.41) is 3.06. The minimum absolute atomic E-state index is 0.0664. The van der Waals surface area contributed by atoms with Gasteiger partial charge in [-0.15, -0.1) is 0 Å². The third-order valence-corrected chi connectivity index (χ3v) is 4.35. The third-order valence-electron chi connectivity index (χ3n) is 4.35. The van der Waals surface area contributed by atoms with Gasteiger partial charge in [0.2, 0.25) is 0 Å². The highest BCUT2D eigenvalue weighted by Crippen LogP contribution is 2.37. The molecule has 26 heavy (non-hydrogen) atoms. The molecule has 1 aliphatic rings. The van der Waals surface area contributed by atoms with E-state index in [-0.39, 0.29) is 11.6 Å². The molecule has 1 N–H and O–H groups in total. The molecule has 138 valence electrons. The second kappa shape index (κ2) is 7.28. The van der Waals surface area contributed by atoms with Crippen molar-refractivity contribution in [2.24, 2.45) is 0 Å². The fourth-order valence-corrected chi connectivity index (χ4v) is 3.14. The van der Waals surface area contributed by atoms with E-state index in [1.54, 1.807) is 7.11 Å². The molecule has 0 unspecified atom stereocenters. The van der Waals surface area contributed by atoms with Gasteiger partial charge < -0.3 is 15.0 Å². The van der Waals surface area contributed by atoms with Crippen LogP contribution in [0, 0.1) is 0 Å². The molecule has 0 fully saturated rings. The molecule has 0 bridgehead atoms. The zero-order chi connectivity index (χ0) is 18.7. The van der Waals surface area contributed by atoms with Crippen molar-refractivity contribution in [2.45, 2.75) is 32.9 Å². The molecule has 0 saturated heterocycles. The van der Waals surface area contributed by atoms with Crippen molar-refractivity contribution in [3.8, 4) is 5.75 Å². The lowest BCUT2D eigenvalue weighted by Crippen LogP contribution is -2.52. The quantitative estimate of drug-likeness (QED) is 0.906. The van der Waals surface area contributed by atoms with Crippen LogP contribution in [0.1, 0.15) is 26.3 Å². The lowest BCUT2D eigenvalue weighted by Gasteiger charge is -2.39. The number of methoxy groups -OCH3 is 1. The maximum absolute atomic E-state index is 12.8. The van der Waals surface area contributed by atoms with Crippen molar-refractivity contribution in [3.63, 3.8) is 0 Å². The maximum atomic E-state index is 12.8. The zero-order valence-corrected chi connectivity index (χ0v) is 16.0. The first-order valence-electron chi connectivity index (χ1n) is 8.94. The highest BCUT2D eigenvalue weighted by Gasteiger charge is 2.29. The molecule has 0 saturated carbocycles. The molecule has 5 heteroatoms. The molecule has 2 amide bonds. The Bertz CT molecular complexity index is 769. The molecule has 2 aromatic rings. The third kappa shape index (κ3) is 4.10. The molecule has 0 aromatic heterocycles. The minimum atomic E-state index is -0.273. The van der Waals surface area contributed by atoms with E-state index in [1.165, 1.54) is 5.56 Å². The lowest BCUT2D eigenvalue weighted by molar-refractivity contribution is 0.237. The summed E-state index contributed by atoms with van der Waals surface area (Å²) in [6.45, 7) is 8.19. The van der Waals surface area contributed by atoms with Crippen LogP contribution in [-0.2, 0) is 6.54 Å². The summed E-state index contributed by atoms with van der Waals surface area (Å²) in [6, 6.07) is 16.2. The van der Waals surface area contributed by atoms with Gasteiger partial charge in [-0.3, -0.25) is 4.90 Å². The standard InChI is InChI=1S/C21H27N3O2/c1-21(2,3)22-20(25)24-13-12-23(15-16-8-6-5-7-9-16)19-14-17(26-4)10-11-18(19)24/h5-11,14H,12-13,15H2,1-4H3,(H,22,25). The molecule has 0 radical (unpaired) electrons. The number of rotatable bonds is 3. The number of benzene rings is 2. The Hall–Kier alpha value is -2.69. The molecule has 3 rings (SSSR count). The van der Waals surface area contributed by atoms with Crippen molar-refractivity contribution >= 4 is 17.4 Å². The van der Waals surface area contributed by atoms with Crippen LogP contribution in [0.25, 0.3) is 0 Å². The minimum Gasteiger partial charge on any atom is -0.497 e. The van der Waals surface area contributed by atoms with Crippen LogP contribution in [-0.4, -0.2) is 31.8 Å². The Morgan fingerprint density at radius 2 is 1.81 bits per heavy atom. The lowest BCUT2D eigenvalue weighted by atomic mass is 10.1. The number of carbonyl (C=O) groups is 1. The van der Waals surface area contributed by atoms with E-state index < -0.39 is 0 Å². The fraction of sp³-hybridized carbons (Fsp3) is 0.381. The number of ether oxygens (including phenoxy) is 1. The monoisotopic (exact) mass is 353 g/mol. The molecule has 5 nitrogen and oxygen atoms in total. The van der Waals surface area contributed by atoms with Gasteiger partial charge in [0.05, 0.1) is 18.5 Å². The molecule has 0 aliphatic carbocycles.